The molecule has 0 aliphatic carbocycles. The molecule has 32 heavy (non-hydrogen) atoms. The lowest BCUT2D eigenvalue weighted by Crippen LogP contribution is -2.69. The summed E-state index contributed by atoms with van der Waals surface area (Å²) < 4.78 is 15.7. The van der Waals surface area contributed by atoms with E-state index in [1.807, 2.05) is 0 Å². The van der Waals surface area contributed by atoms with Crippen LogP contribution in [0.4, 0.5) is 0 Å². The number of ether oxygens (including phenoxy) is 3. The number of aliphatic hydroxyl groups excluding tert-OH is 8. The molecule has 15 nitrogen and oxygen atoms in total. The fraction of sp³-hybridized carbons (Fsp3) is 0.882. The molecule has 0 saturated carbocycles. The third-order valence-corrected chi connectivity index (χ3v) is 5.34. The number of amides is 1. The van der Waals surface area contributed by atoms with Crippen molar-refractivity contribution >= 4 is 11.9 Å². The summed E-state index contributed by atoms with van der Waals surface area (Å²) in [7, 11) is 0. The van der Waals surface area contributed by atoms with Gasteiger partial charge >= 0.3 is 5.97 Å². The summed E-state index contributed by atoms with van der Waals surface area (Å²) in [5.41, 5.74) is 0. The maximum Gasteiger partial charge on any atom is 0.364 e. The maximum atomic E-state index is 12.1. The van der Waals surface area contributed by atoms with Crippen molar-refractivity contribution in [1.29, 1.82) is 0 Å². The molecule has 2 aliphatic heterocycles. The van der Waals surface area contributed by atoms with Crippen LogP contribution >= 0.6 is 0 Å². The van der Waals surface area contributed by atoms with E-state index in [0.717, 1.165) is 6.92 Å². The van der Waals surface area contributed by atoms with E-state index in [1.54, 1.807) is 0 Å². The quantitative estimate of drug-likeness (QED) is 0.158. The first kappa shape index (κ1) is 26.7. The predicted molar refractivity (Wildman–Crippen MR) is 97.4 cm³/mol. The molecule has 0 aromatic heterocycles. The lowest BCUT2D eigenvalue weighted by molar-refractivity contribution is -0.387. The van der Waals surface area contributed by atoms with Crippen LogP contribution in [0.5, 0.6) is 0 Å². The van der Waals surface area contributed by atoms with Crippen LogP contribution in [0.25, 0.3) is 0 Å². The van der Waals surface area contributed by atoms with Crippen molar-refractivity contribution in [3.05, 3.63) is 0 Å². The van der Waals surface area contributed by atoms with E-state index in [1.165, 1.54) is 0 Å². The number of hydrogen-bond acceptors (Lipinski definition) is 13. The lowest BCUT2D eigenvalue weighted by atomic mass is 9.88. The normalized spacial score (nSPS) is 42.2. The Morgan fingerprint density at radius 2 is 1.75 bits per heavy atom. The molecular formula is C17H29NO14. The molecule has 15 heteroatoms. The Hall–Kier alpha value is -1.50. The Morgan fingerprint density at radius 1 is 1.12 bits per heavy atom. The number of carbonyl (C=O) groups excluding carboxylic acids is 1. The van der Waals surface area contributed by atoms with Gasteiger partial charge in [-0.1, -0.05) is 0 Å². The Bertz CT molecular complexity index is 663. The zero-order valence-electron chi connectivity index (χ0n) is 17.0. The highest BCUT2D eigenvalue weighted by molar-refractivity contribution is 5.76. The number of carbonyl (C=O) groups is 2. The van der Waals surface area contributed by atoms with Crippen LogP contribution < -0.4 is 5.32 Å². The number of aliphatic carboxylic acids is 1. The van der Waals surface area contributed by atoms with Crippen molar-refractivity contribution in [3.63, 3.8) is 0 Å². The van der Waals surface area contributed by atoms with Crippen LogP contribution in [0.1, 0.15) is 13.3 Å². The lowest BCUT2D eigenvalue weighted by Gasteiger charge is -2.49. The van der Waals surface area contributed by atoms with Gasteiger partial charge in [-0.05, 0) is 0 Å². The molecular weight excluding hydrogens is 442 g/mol. The Labute approximate surface area is 181 Å². The zero-order valence-corrected chi connectivity index (χ0v) is 17.0. The molecule has 1 amide bonds. The molecule has 10 N–H and O–H groups in total. The van der Waals surface area contributed by atoms with Gasteiger partial charge in [-0.2, -0.15) is 0 Å². The van der Waals surface area contributed by atoms with Gasteiger partial charge in [0, 0.05) is 13.3 Å². The SMILES string of the molecule is CC(=O)N[C@H]1[C@H]([C@H](O)[C@H](O)CO)O[C@@](OC2O[C@H](CO)[C@H](O)[C@H](O)[C@H]2O)(C(=O)O)C[C@@H]1O. The highest BCUT2D eigenvalue weighted by Crippen LogP contribution is 2.36. The number of hydrogen-bond donors (Lipinski definition) is 10. The smallest absolute Gasteiger partial charge is 0.364 e. The zero-order chi connectivity index (χ0) is 24.4. The summed E-state index contributed by atoms with van der Waals surface area (Å²) in [4.78, 5) is 23.6. The maximum absolute atomic E-state index is 12.1. The molecule has 2 rings (SSSR count). The van der Waals surface area contributed by atoms with Crippen molar-refractivity contribution in [2.24, 2.45) is 0 Å². The molecule has 186 valence electrons. The van der Waals surface area contributed by atoms with Crippen LogP contribution in [-0.2, 0) is 23.8 Å². The Kier molecular flexibility index (Phi) is 8.88. The summed E-state index contributed by atoms with van der Waals surface area (Å²) in [5.74, 6) is -5.40. The second-order valence-corrected chi connectivity index (χ2v) is 7.69. The highest BCUT2D eigenvalue weighted by atomic mass is 16.8. The van der Waals surface area contributed by atoms with Gasteiger partial charge < -0.3 is 65.5 Å². The monoisotopic (exact) mass is 471 g/mol. The summed E-state index contributed by atoms with van der Waals surface area (Å²) in [6.45, 7) is -0.733. The molecule has 0 aromatic rings. The summed E-state index contributed by atoms with van der Waals surface area (Å²) in [6, 6.07) is -1.44. The molecule has 0 radical (unpaired) electrons. The van der Waals surface area contributed by atoms with Gasteiger partial charge in [-0.25, -0.2) is 4.79 Å². The van der Waals surface area contributed by atoms with Gasteiger partial charge in [0.1, 0.15) is 42.7 Å². The standard InChI is InChI=1S/C17H29NO14/c1-5(21)18-9-6(22)2-17(16(28)29,31-14(9)10(24)7(23)3-19)32-15-13(27)12(26)11(25)8(4-20)30-15/h6-15,19-20,22-27H,2-4H2,1H3,(H,18,21)(H,28,29)/t6-,7+,8+,9+,10+,11-,12-,13+,14+,15?,17-/m0/s1. The van der Waals surface area contributed by atoms with Gasteiger partial charge in [0.15, 0.2) is 6.29 Å². The molecule has 1 unspecified atom stereocenters. The molecule has 2 fully saturated rings. The number of rotatable bonds is 8. The van der Waals surface area contributed by atoms with Crippen LogP contribution in [0.15, 0.2) is 0 Å². The summed E-state index contributed by atoms with van der Waals surface area (Å²) in [5, 5.41) is 91.0. The Morgan fingerprint density at radius 3 is 2.25 bits per heavy atom. The minimum Gasteiger partial charge on any atom is -0.477 e. The number of carboxylic acid groups (broad SMARTS) is 1. The molecule has 11 atom stereocenters. The van der Waals surface area contributed by atoms with Crippen molar-refractivity contribution in [2.75, 3.05) is 13.2 Å². The number of carboxylic acids is 1. The third-order valence-electron chi connectivity index (χ3n) is 5.34. The van der Waals surface area contributed by atoms with Gasteiger partial charge in [0.25, 0.3) is 5.79 Å². The van der Waals surface area contributed by atoms with E-state index in [0.29, 0.717) is 0 Å². The summed E-state index contributed by atoms with van der Waals surface area (Å²) >= 11 is 0. The first-order chi connectivity index (χ1) is 14.9. The third kappa shape index (κ3) is 5.35. The van der Waals surface area contributed by atoms with Gasteiger partial charge in [0.05, 0.1) is 25.4 Å². The molecule has 2 heterocycles. The first-order valence-corrected chi connectivity index (χ1v) is 9.70. The average molecular weight is 471 g/mol. The van der Waals surface area contributed by atoms with E-state index < -0.39 is 98.5 Å². The minimum atomic E-state index is -2.84. The molecule has 2 saturated heterocycles. The van der Waals surface area contributed by atoms with E-state index >= 15 is 0 Å². The second kappa shape index (κ2) is 10.6. The fourth-order valence-corrected chi connectivity index (χ4v) is 3.60. The highest BCUT2D eigenvalue weighted by Gasteiger charge is 2.58. The first-order valence-electron chi connectivity index (χ1n) is 9.70. The second-order valence-electron chi connectivity index (χ2n) is 7.69. The van der Waals surface area contributed by atoms with Crippen LogP contribution in [0.2, 0.25) is 0 Å². The van der Waals surface area contributed by atoms with E-state index in [-0.39, 0.29) is 0 Å². The van der Waals surface area contributed by atoms with Crippen LogP contribution in [0, 0.1) is 0 Å². The Balaban J connectivity index is 2.39. The predicted octanol–water partition coefficient (Wildman–Crippen LogP) is -6.05. The topological polar surface area (TPSA) is 256 Å². The van der Waals surface area contributed by atoms with E-state index in [4.69, 9.17) is 19.3 Å². The number of nitrogens with one attached hydrogen (secondary N) is 1. The van der Waals surface area contributed by atoms with Gasteiger partial charge in [-0.15, -0.1) is 0 Å². The molecule has 0 aromatic carbocycles. The van der Waals surface area contributed by atoms with Crippen molar-refractivity contribution < 1.29 is 69.8 Å². The van der Waals surface area contributed by atoms with Gasteiger partial charge in [-0.3, -0.25) is 4.79 Å². The molecule has 0 spiro atoms. The van der Waals surface area contributed by atoms with Crippen molar-refractivity contribution in [3.8, 4) is 0 Å². The molecule has 0 bridgehead atoms. The minimum absolute atomic E-state index is 0.689. The van der Waals surface area contributed by atoms with Crippen molar-refractivity contribution in [2.45, 2.75) is 80.3 Å². The van der Waals surface area contributed by atoms with Gasteiger partial charge in [0.2, 0.25) is 5.91 Å². The van der Waals surface area contributed by atoms with E-state index in [2.05, 4.69) is 5.32 Å². The largest absolute Gasteiger partial charge is 0.477 e. The van der Waals surface area contributed by atoms with Crippen molar-refractivity contribution in [1.82, 2.24) is 5.32 Å². The average Bonchev–Trinajstić information content (AvgIpc) is 2.74. The molecule has 2 aliphatic rings. The summed E-state index contributed by atoms with van der Waals surface area (Å²) in [6.07, 6.45) is -17.4. The van der Waals surface area contributed by atoms with Crippen LogP contribution in [0.3, 0.4) is 0 Å². The fourth-order valence-electron chi connectivity index (χ4n) is 3.60. The van der Waals surface area contributed by atoms with E-state index in [9.17, 15) is 50.4 Å². The van der Waals surface area contributed by atoms with Crippen LogP contribution in [-0.4, -0.2) is 138 Å². The number of aliphatic hydroxyl groups is 8.